The first-order chi connectivity index (χ1) is 14.5. The zero-order chi connectivity index (χ0) is 22.9. The fraction of sp³-hybridized carbons (Fsp3) is 0.440. The van der Waals surface area contributed by atoms with Crippen molar-refractivity contribution >= 4 is 30.3 Å². The summed E-state index contributed by atoms with van der Waals surface area (Å²) in [7, 11) is -2.85. The van der Waals surface area contributed by atoms with Crippen LogP contribution in [0.25, 0.3) is 0 Å². The molecule has 0 spiro atoms. The minimum atomic E-state index is -2.85. The maximum absolute atomic E-state index is 13.2. The topological polar surface area (TPSA) is 61.8 Å². The van der Waals surface area contributed by atoms with Gasteiger partial charge in [-0.1, -0.05) is 81.4 Å². The molecule has 0 bridgehead atoms. The molecule has 2 aromatic rings. The average molecular weight is 441 g/mol. The third-order valence-electron chi connectivity index (χ3n) is 5.66. The number of ether oxygens (including phenoxy) is 2. The Hall–Kier alpha value is -2.12. The van der Waals surface area contributed by atoms with E-state index in [1.807, 2.05) is 36.4 Å². The summed E-state index contributed by atoms with van der Waals surface area (Å²) in [6, 6.07) is 20.3. The van der Waals surface area contributed by atoms with Crippen LogP contribution in [0, 0.1) is 0 Å². The van der Waals surface area contributed by atoms with E-state index in [9.17, 15) is 9.59 Å². The van der Waals surface area contributed by atoms with Crippen LogP contribution in [0.3, 0.4) is 0 Å². The minimum absolute atomic E-state index is 0.152. The van der Waals surface area contributed by atoms with Gasteiger partial charge in [-0.15, -0.1) is 0 Å². The fourth-order valence-corrected chi connectivity index (χ4v) is 8.83. The number of Topliss-reactive ketones (excluding diaryl/α,β-unsaturated/α-hetero) is 2. The number of rotatable bonds is 7. The van der Waals surface area contributed by atoms with E-state index in [2.05, 4.69) is 45.0 Å². The van der Waals surface area contributed by atoms with Crippen LogP contribution in [0.2, 0.25) is 5.04 Å². The summed E-state index contributed by atoms with van der Waals surface area (Å²) in [6.07, 6.45) is -1.88. The molecule has 2 aromatic carbocycles. The normalized spacial score (nSPS) is 21.1. The zero-order valence-corrected chi connectivity index (χ0v) is 20.2. The second kappa shape index (κ2) is 8.79. The molecule has 6 heteroatoms. The molecule has 5 nitrogen and oxygen atoms in total. The van der Waals surface area contributed by atoms with E-state index in [-0.39, 0.29) is 23.2 Å². The van der Waals surface area contributed by atoms with E-state index in [0.717, 1.165) is 10.4 Å². The zero-order valence-electron chi connectivity index (χ0n) is 19.2. The summed E-state index contributed by atoms with van der Waals surface area (Å²) in [5.41, 5.74) is 0. The Balaban J connectivity index is 1.98. The number of benzene rings is 2. The van der Waals surface area contributed by atoms with Crippen molar-refractivity contribution in [2.24, 2.45) is 0 Å². The first kappa shape index (κ1) is 23.5. The summed E-state index contributed by atoms with van der Waals surface area (Å²) >= 11 is 0. The van der Waals surface area contributed by atoms with Gasteiger partial charge in [-0.05, 0) is 36.2 Å². The van der Waals surface area contributed by atoms with Crippen LogP contribution in [0.15, 0.2) is 60.7 Å². The van der Waals surface area contributed by atoms with Gasteiger partial charge in [-0.2, -0.15) is 0 Å². The highest BCUT2D eigenvalue weighted by Gasteiger charge is 2.52. The van der Waals surface area contributed by atoms with Crippen LogP contribution in [0.1, 0.15) is 41.5 Å². The van der Waals surface area contributed by atoms with Crippen molar-refractivity contribution in [3.8, 4) is 0 Å². The summed E-state index contributed by atoms with van der Waals surface area (Å²) in [5.74, 6) is -1.50. The molecule has 0 radical (unpaired) electrons. The first-order valence-corrected chi connectivity index (χ1v) is 12.5. The highest BCUT2D eigenvalue weighted by Crippen LogP contribution is 2.37. The molecular weight excluding hydrogens is 408 g/mol. The SMILES string of the molecule is CC(=O)[C@H]1OC(C)(C)O[C@@H]1C(=O)CO[Si](c1ccccc1)(c1ccccc1)C(C)(C)C. The molecule has 1 saturated heterocycles. The van der Waals surface area contributed by atoms with Crippen LogP contribution in [-0.2, 0) is 23.5 Å². The van der Waals surface area contributed by atoms with Gasteiger partial charge < -0.3 is 13.9 Å². The lowest BCUT2D eigenvalue weighted by Crippen LogP contribution is -2.67. The van der Waals surface area contributed by atoms with E-state index in [4.69, 9.17) is 13.9 Å². The van der Waals surface area contributed by atoms with Crippen molar-refractivity contribution in [2.45, 2.75) is 64.6 Å². The maximum Gasteiger partial charge on any atom is 0.261 e. The van der Waals surface area contributed by atoms with Crippen molar-refractivity contribution in [2.75, 3.05) is 6.61 Å². The highest BCUT2D eigenvalue weighted by molar-refractivity contribution is 6.99. The molecule has 3 rings (SSSR count). The Labute approximate surface area is 185 Å². The number of ketones is 2. The van der Waals surface area contributed by atoms with Crippen LogP contribution >= 0.6 is 0 Å². The molecule has 0 aromatic heterocycles. The summed E-state index contributed by atoms with van der Waals surface area (Å²) < 4.78 is 18.1. The number of carbonyl (C=O) groups is 2. The largest absolute Gasteiger partial charge is 0.400 e. The van der Waals surface area contributed by atoms with E-state index < -0.39 is 26.3 Å². The summed E-state index contributed by atoms with van der Waals surface area (Å²) in [6.45, 7) is 11.1. The molecule has 1 heterocycles. The van der Waals surface area contributed by atoms with Gasteiger partial charge in [0, 0.05) is 0 Å². The standard InChI is InChI=1S/C25H32O5Si/c1-18(26)22-23(30-25(5,6)29-22)21(27)17-28-31(24(2,3)4,19-13-9-7-10-14-19)20-15-11-8-12-16-20/h7-16,22-23H,17H2,1-6H3/t22-,23-/m1/s1. The van der Waals surface area contributed by atoms with Gasteiger partial charge in [-0.25, -0.2) is 0 Å². The second-order valence-corrected chi connectivity index (χ2v) is 13.8. The van der Waals surface area contributed by atoms with Gasteiger partial charge in [0.15, 0.2) is 29.6 Å². The molecular formula is C25H32O5Si. The smallest absolute Gasteiger partial charge is 0.261 e. The van der Waals surface area contributed by atoms with Crippen molar-refractivity contribution in [3.63, 3.8) is 0 Å². The van der Waals surface area contributed by atoms with E-state index in [1.54, 1.807) is 13.8 Å². The van der Waals surface area contributed by atoms with Gasteiger partial charge in [0.1, 0.15) is 0 Å². The van der Waals surface area contributed by atoms with Crippen LogP contribution in [-0.4, -0.2) is 44.5 Å². The number of hydrogen-bond donors (Lipinski definition) is 0. The van der Waals surface area contributed by atoms with Crippen molar-refractivity contribution in [1.82, 2.24) is 0 Å². The molecule has 31 heavy (non-hydrogen) atoms. The molecule has 1 fully saturated rings. The van der Waals surface area contributed by atoms with E-state index >= 15 is 0 Å². The molecule has 0 N–H and O–H groups in total. The molecule has 1 aliphatic heterocycles. The Morgan fingerprint density at radius 2 is 1.35 bits per heavy atom. The fourth-order valence-electron chi connectivity index (χ4n) is 4.32. The predicted molar refractivity (Wildman–Crippen MR) is 123 cm³/mol. The average Bonchev–Trinajstić information content (AvgIpc) is 3.05. The van der Waals surface area contributed by atoms with Crippen molar-refractivity contribution < 1.29 is 23.5 Å². The van der Waals surface area contributed by atoms with Crippen molar-refractivity contribution in [1.29, 1.82) is 0 Å². The van der Waals surface area contributed by atoms with Gasteiger partial charge in [0.05, 0.1) is 6.61 Å². The number of hydrogen-bond acceptors (Lipinski definition) is 5. The third kappa shape index (κ3) is 4.72. The van der Waals surface area contributed by atoms with E-state index in [1.165, 1.54) is 6.92 Å². The molecule has 0 amide bonds. The van der Waals surface area contributed by atoms with Crippen molar-refractivity contribution in [3.05, 3.63) is 60.7 Å². The molecule has 0 unspecified atom stereocenters. The minimum Gasteiger partial charge on any atom is -0.400 e. The predicted octanol–water partition coefficient (Wildman–Crippen LogP) is 3.24. The lowest BCUT2D eigenvalue weighted by molar-refractivity contribution is -0.158. The number of carbonyl (C=O) groups excluding carboxylic acids is 2. The van der Waals surface area contributed by atoms with Crippen LogP contribution in [0.5, 0.6) is 0 Å². The maximum atomic E-state index is 13.2. The second-order valence-electron chi connectivity index (χ2n) is 9.51. The van der Waals surface area contributed by atoms with Crippen LogP contribution < -0.4 is 10.4 Å². The lowest BCUT2D eigenvalue weighted by Gasteiger charge is -2.43. The highest BCUT2D eigenvalue weighted by atomic mass is 28.4. The third-order valence-corrected chi connectivity index (χ3v) is 10.6. The van der Waals surface area contributed by atoms with Gasteiger partial charge >= 0.3 is 0 Å². The molecule has 2 atom stereocenters. The Kier molecular flexibility index (Phi) is 6.67. The monoisotopic (exact) mass is 440 g/mol. The van der Waals surface area contributed by atoms with E-state index in [0.29, 0.717) is 0 Å². The summed E-state index contributed by atoms with van der Waals surface area (Å²) in [4.78, 5) is 25.3. The molecule has 0 saturated carbocycles. The quantitative estimate of drug-likeness (QED) is 0.619. The van der Waals surface area contributed by atoms with Gasteiger partial charge in [0.25, 0.3) is 8.32 Å². The van der Waals surface area contributed by atoms with Crippen LogP contribution in [0.4, 0.5) is 0 Å². The Morgan fingerprint density at radius 3 is 1.77 bits per heavy atom. The molecule has 166 valence electrons. The van der Waals surface area contributed by atoms with Gasteiger partial charge in [0.2, 0.25) is 0 Å². The summed E-state index contributed by atoms with van der Waals surface area (Å²) in [5, 5.41) is 1.93. The Morgan fingerprint density at radius 1 is 0.903 bits per heavy atom. The molecule has 1 aliphatic rings. The Bertz CT molecular complexity index is 878. The van der Waals surface area contributed by atoms with Gasteiger partial charge in [-0.3, -0.25) is 9.59 Å². The molecule has 0 aliphatic carbocycles. The first-order valence-electron chi connectivity index (χ1n) is 10.6. The lowest BCUT2D eigenvalue weighted by atomic mass is 10.1.